The van der Waals surface area contributed by atoms with Crippen molar-refractivity contribution in [1.29, 1.82) is 0 Å². The van der Waals surface area contributed by atoms with E-state index < -0.39 is 0 Å². The van der Waals surface area contributed by atoms with E-state index in [1.165, 1.54) is 6.07 Å². The van der Waals surface area contributed by atoms with Gasteiger partial charge >= 0.3 is 0 Å². The summed E-state index contributed by atoms with van der Waals surface area (Å²) in [6.45, 7) is 4.05. The maximum atomic E-state index is 13.3. The first-order chi connectivity index (χ1) is 11.2. The topological polar surface area (TPSA) is 43.4 Å². The van der Waals surface area contributed by atoms with Crippen LogP contribution in [0.3, 0.4) is 0 Å². The van der Waals surface area contributed by atoms with Crippen LogP contribution < -0.4 is 10.1 Å². The molecule has 1 aliphatic rings. The minimum atomic E-state index is -0.213. The van der Waals surface area contributed by atoms with Crippen molar-refractivity contribution >= 4 is 0 Å². The van der Waals surface area contributed by atoms with Crippen LogP contribution in [0.2, 0.25) is 0 Å². The number of ether oxygens (including phenoxy) is 2. The molecule has 1 aromatic carbocycles. The smallest absolute Gasteiger partial charge is 0.213 e. The highest BCUT2D eigenvalue weighted by Gasteiger charge is 2.17. The van der Waals surface area contributed by atoms with Gasteiger partial charge in [0.05, 0.1) is 13.2 Å². The predicted octanol–water partition coefficient (Wildman–Crippen LogP) is 3.24. The largest absolute Gasteiger partial charge is 0.472 e. The summed E-state index contributed by atoms with van der Waals surface area (Å²) >= 11 is 0. The fourth-order valence-corrected chi connectivity index (χ4v) is 2.57. The van der Waals surface area contributed by atoms with Crippen LogP contribution in [0.1, 0.15) is 30.5 Å². The molecule has 0 amide bonds. The van der Waals surface area contributed by atoms with Gasteiger partial charge in [0, 0.05) is 31.3 Å². The predicted molar refractivity (Wildman–Crippen MR) is 85.7 cm³/mol. The molecule has 2 atom stereocenters. The number of benzene rings is 1. The summed E-state index contributed by atoms with van der Waals surface area (Å²) in [4.78, 5) is 4.24. The maximum absolute atomic E-state index is 13.3. The van der Waals surface area contributed by atoms with Crippen LogP contribution in [-0.2, 0) is 11.3 Å². The molecule has 0 unspecified atom stereocenters. The number of pyridine rings is 1. The summed E-state index contributed by atoms with van der Waals surface area (Å²) in [6.07, 6.45) is 2.74. The lowest BCUT2D eigenvalue weighted by Gasteiger charge is -2.15. The van der Waals surface area contributed by atoms with E-state index in [9.17, 15) is 4.39 Å². The van der Waals surface area contributed by atoms with Gasteiger partial charge in [-0.25, -0.2) is 9.37 Å². The van der Waals surface area contributed by atoms with Crippen LogP contribution in [0.5, 0.6) is 5.88 Å². The van der Waals surface area contributed by atoms with Gasteiger partial charge in [-0.2, -0.15) is 0 Å². The van der Waals surface area contributed by atoms with E-state index >= 15 is 0 Å². The molecule has 1 N–H and O–H groups in total. The molecule has 0 radical (unpaired) electrons. The lowest BCUT2D eigenvalue weighted by molar-refractivity contribution is 0.138. The Morgan fingerprint density at radius 3 is 3.09 bits per heavy atom. The zero-order chi connectivity index (χ0) is 16.1. The second-order valence-corrected chi connectivity index (χ2v) is 5.76. The normalized spacial score (nSPS) is 18.8. The summed E-state index contributed by atoms with van der Waals surface area (Å²) in [5.74, 6) is 0.410. The summed E-state index contributed by atoms with van der Waals surface area (Å²) in [7, 11) is 0. The lowest BCUT2D eigenvalue weighted by Crippen LogP contribution is -2.19. The van der Waals surface area contributed by atoms with Crippen molar-refractivity contribution in [2.24, 2.45) is 0 Å². The fraction of sp³-hybridized carbons (Fsp3) is 0.389. The van der Waals surface area contributed by atoms with Gasteiger partial charge in [-0.05, 0) is 36.2 Å². The molecule has 4 nitrogen and oxygen atoms in total. The molecular weight excluding hydrogens is 295 g/mol. The van der Waals surface area contributed by atoms with Gasteiger partial charge in [0.2, 0.25) is 5.88 Å². The molecule has 3 rings (SSSR count). The number of hydrogen-bond acceptors (Lipinski definition) is 4. The van der Waals surface area contributed by atoms with Gasteiger partial charge in [-0.3, -0.25) is 0 Å². The molecule has 2 heterocycles. The fourth-order valence-electron chi connectivity index (χ4n) is 2.57. The summed E-state index contributed by atoms with van der Waals surface area (Å²) in [5.41, 5.74) is 2.01. The molecule has 23 heavy (non-hydrogen) atoms. The number of halogens is 1. The highest BCUT2D eigenvalue weighted by Crippen LogP contribution is 2.17. The number of hydrogen-bond donors (Lipinski definition) is 1. The minimum Gasteiger partial charge on any atom is -0.472 e. The standard InChI is InChI=1S/C18H21FN2O2/c1-13(15-3-2-4-16(19)10-15)21-11-14-5-7-20-18(9-14)23-17-6-8-22-12-17/h2-5,7,9-10,13,17,21H,6,8,11-12H2,1H3/t13-,17+/m1/s1. The van der Waals surface area contributed by atoms with Crippen LogP contribution >= 0.6 is 0 Å². The zero-order valence-electron chi connectivity index (χ0n) is 13.2. The van der Waals surface area contributed by atoms with Gasteiger partial charge in [0.15, 0.2) is 0 Å². The van der Waals surface area contributed by atoms with Crippen molar-refractivity contribution in [3.63, 3.8) is 0 Å². The monoisotopic (exact) mass is 316 g/mol. The number of nitrogens with zero attached hydrogens (tertiary/aromatic N) is 1. The molecule has 1 saturated heterocycles. The van der Waals surface area contributed by atoms with E-state index in [4.69, 9.17) is 9.47 Å². The van der Waals surface area contributed by atoms with Crippen molar-refractivity contribution < 1.29 is 13.9 Å². The SMILES string of the molecule is C[C@@H](NCc1ccnc(O[C@H]2CCOC2)c1)c1cccc(F)c1. The average molecular weight is 316 g/mol. The second-order valence-electron chi connectivity index (χ2n) is 5.76. The van der Waals surface area contributed by atoms with Gasteiger partial charge in [0.1, 0.15) is 11.9 Å². The third-order valence-corrected chi connectivity index (χ3v) is 3.94. The highest BCUT2D eigenvalue weighted by atomic mass is 19.1. The van der Waals surface area contributed by atoms with Crippen LogP contribution in [-0.4, -0.2) is 24.3 Å². The Bertz CT molecular complexity index is 644. The molecule has 0 saturated carbocycles. The molecule has 1 aromatic heterocycles. The van der Waals surface area contributed by atoms with Crippen molar-refractivity contribution in [3.05, 3.63) is 59.5 Å². The summed E-state index contributed by atoms with van der Waals surface area (Å²) in [5, 5.41) is 3.39. The van der Waals surface area contributed by atoms with E-state index in [0.717, 1.165) is 24.2 Å². The Balaban J connectivity index is 1.57. The number of nitrogens with one attached hydrogen (secondary N) is 1. The molecule has 1 aliphatic heterocycles. The van der Waals surface area contributed by atoms with E-state index in [1.54, 1.807) is 18.3 Å². The van der Waals surface area contributed by atoms with E-state index in [0.29, 0.717) is 19.0 Å². The summed E-state index contributed by atoms with van der Waals surface area (Å²) < 4.78 is 24.4. The van der Waals surface area contributed by atoms with E-state index in [2.05, 4.69) is 10.3 Å². The molecule has 122 valence electrons. The van der Waals surface area contributed by atoms with Gasteiger partial charge in [-0.15, -0.1) is 0 Å². The third kappa shape index (κ3) is 4.50. The Kier molecular flexibility index (Phi) is 5.20. The number of aromatic nitrogens is 1. The molecular formula is C18H21FN2O2. The zero-order valence-corrected chi connectivity index (χ0v) is 13.2. The molecule has 2 aromatic rings. The molecule has 1 fully saturated rings. The Morgan fingerprint density at radius 2 is 2.30 bits per heavy atom. The van der Waals surface area contributed by atoms with E-state index in [1.807, 2.05) is 25.1 Å². The minimum absolute atomic E-state index is 0.0615. The van der Waals surface area contributed by atoms with Crippen LogP contribution in [0.4, 0.5) is 4.39 Å². The van der Waals surface area contributed by atoms with Gasteiger partial charge in [-0.1, -0.05) is 12.1 Å². The highest BCUT2D eigenvalue weighted by molar-refractivity contribution is 5.22. The summed E-state index contributed by atoms with van der Waals surface area (Å²) in [6, 6.07) is 10.6. The lowest BCUT2D eigenvalue weighted by atomic mass is 10.1. The third-order valence-electron chi connectivity index (χ3n) is 3.94. The van der Waals surface area contributed by atoms with Crippen molar-refractivity contribution in [2.45, 2.75) is 32.0 Å². The van der Waals surface area contributed by atoms with Crippen LogP contribution in [0.15, 0.2) is 42.6 Å². The molecule has 0 aliphatic carbocycles. The second kappa shape index (κ2) is 7.53. The quantitative estimate of drug-likeness (QED) is 0.888. The Morgan fingerprint density at radius 1 is 1.39 bits per heavy atom. The van der Waals surface area contributed by atoms with Crippen molar-refractivity contribution in [2.75, 3.05) is 13.2 Å². The molecule has 5 heteroatoms. The number of rotatable bonds is 6. The Hall–Kier alpha value is -1.98. The Labute approximate surface area is 135 Å². The van der Waals surface area contributed by atoms with Crippen LogP contribution in [0.25, 0.3) is 0 Å². The first-order valence-electron chi connectivity index (χ1n) is 7.89. The van der Waals surface area contributed by atoms with Crippen molar-refractivity contribution in [3.8, 4) is 5.88 Å². The van der Waals surface area contributed by atoms with Gasteiger partial charge in [0.25, 0.3) is 0 Å². The first kappa shape index (κ1) is 15.9. The maximum Gasteiger partial charge on any atom is 0.213 e. The average Bonchev–Trinajstić information content (AvgIpc) is 3.06. The van der Waals surface area contributed by atoms with Crippen LogP contribution in [0, 0.1) is 5.82 Å². The van der Waals surface area contributed by atoms with Crippen molar-refractivity contribution in [1.82, 2.24) is 10.3 Å². The molecule has 0 bridgehead atoms. The molecule has 0 spiro atoms. The first-order valence-corrected chi connectivity index (χ1v) is 7.89. The van der Waals surface area contributed by atoms with E-state index in [-0.39, 0.29) is 18.0 Å². The van der Waals surface area contributed by atoms with Gasteiger partial charge < -0.3 is 14.8 Å².